The molecule has 5 rings (SSSR count). The average molecular weight is 729 g/mol. The highest BCUT2D eigenvalue weighted by Crippen LogP contribution is 2.31. The van der Waals surface area contributed by atoms with Crippen molar-refractivity contribution in [3.05, 3.63) is 162 Å². The predicted molar refractivity (Wildman–Crippen MR) is 233 cm³/mol. The van der Waals surface area contributed by atoms with E-state index in [9.17, 15) is 0 Å². The van der Waals surface area contributed by atoms with Crippen molar-refractivity contribution in [3.8, 4) is 0 Å². The van der Waals surface area contributed by atoms with Crippen LogP contribution in [0.4, 0.5) is 5.69 Å². The van der Waals surface area contributed by atoms with Gasteiger partial charge in [0.15, 0.2) is 0 Å². The highest BCUT2D eigenvalue weighted by Gasteiger charge is 2.27. The van der Waals surface area contributed by atoms with Crippen LogP contribution in [-0.4, -0.2) is 66.1 Å². The average Bonchev–Trinajstić information content (AvgIpc) is 3.21. The van der Waals surface area contributed by atoms with Gasteiger partial charge in [-0.3, -0.25) is 0 Å². The zero-order valence-corrected chi connectivity index (χ0v) is 33.9. The Labute approximate surface area is 324 Å². The van der Waals surface area contributed by atoms with Crippen LogP contribution in [0.15, 0.2) is 145 Å². The number of hydrogen-bond donors (Lipinski definition) is 0. The number of likely N-dealkylation sites (tertiary alicyclic amines) is 2. The van der Waals surface area contributed by atoms with Crippen molar-refractivity contribution in [2.75, 3.05) is 44.2 Å². The first-order chi connectivity index (χ1) is 26.0. The Bertz CT molecular complexity index is 1610. The third-order valence-corrected chi connectivity index (χ3v) is 12.1. The minimum Gasteiger partial charge on any atom is -0.343 e. The molecule has 5 heteroatoms. The predicted octanol–water partition coefficient (Wildman–Crippen LogP) is 11.2. The molecule has 0 aliphatic carbocycles. The maximum atomic E-state index is 4.52. The van der Waals surface area contributed by atoms with Crippen LogP contribution in [0, 0.1) is 0 Å². The van der Waals surface area contributed by atoms with Gasteiger partial charge in [0, 0.05) is 74.1 Å². The molecular formula is C48H65N4P. The molecule has 53 heavy (non-hydrogen) atoms. The van der Waals surface area contributed by atoms with E-state index >= 15 is 0 Å². The third kappa shape index (κ3) is 12.4. The zero-order valence-electron chi connectivity index (χ0n) is 32.9. The first-order valence-corrected chi connectivity index (χ1v) is 21.6. The summed E-state index contributed by atoms with van der Waals surface area (Å²) in [6.45, 7) is 22.5. The van der Waals surface area contributed by atoms with Crippen molar-refractivity contribution >= 4 is 14.3 Å². The van der Waals surface area contributed by atoms with Crippen LogP contribution >= 0.6 is 8.58 Å². The van der Waals surface area contributed by atoms with Gasteiger partial charge in [-0.2, -0.15) is 0 Å². The lowest BCUT2D eigenvalue weighted by Gasteiger charge is -2.41. The molecule has 1 unspecified atom stereocenters. The number of piperidine rings is 2. The Morgan fingerprint density at radius 2 is 1.23 bits per heavy atom. The van der Waals surface area contributed by atoms with Gasteiger partial charge in [-0.1, -0.05) is 126 Å². The summed E-state index contributed by atoms with van der Waals surface area (Å²) in [6.07, 6.45) is 19.0. The highest BCUT2D eigenvalue weighted by atomic mass is 31.1. The SMILES string of the molecule is C=C(CC)N(C(/C=C\C)=C/C=C/PCc1ccc(N(C(=C)CC)C2CCN(CCc3ccccc3)CC2)cc1)C1CCN(CCc2ccccc2)CC1. The summed E-state index contributed by atoms with van der Waals surface area (Å²) in [7, 11) is 0.734. The summed E-state index contributed by atoms with van der Waals surface area (Å²) in [4.78, 5) is 10.3. The van der Waals surface area contributed by atoms with E-state index in [0.29, 0.717) is 12.1 Å². The van der Waals surface area contributed by atoms with E-state index in [4.69, 9.17) is 0 Å². The minimum atomic E-state index is 0.489. The van der Waals surface area contributed by atoms with Crippen molar-refractivity contribution < 1.29 is 0 Å². The molecule has 0 spiro atoms. The second-order valence-corrected chi connectivity index (χ2v) is 15.8. The van der Waals surface area contributed by atoms with E-state index < -0.39 is 0 Å². The maximum Gasteiger partial charge on any atom is 0.0410 e. The van der Waals surface area contributed by atoms with Crippen molar-refractivity contribution in [2.45, 2.75) is 90.4 Å². The van der Waals surface area contributed by atoms with Crippen molar-refractivity contribution in [2.24, 2.45) is 0 Å². The van der Waals surface area contributed by atoms with Gasteiger partial charge < -0.3 is 19.6 Å². The van der Waals surface area contributed by atoms with Gasteiger partial charge in [0.2, 0.25) is 0 Å². The van der Waals surface area contributed by atoms with Crippen LogP contribution in [0.3, 0.4) is 0 Å². The van der Waals surface area contributed by atoms with Gasteiger partial charge in [-0.05, 0) is 105 Å². The van der Waals surface area contributed by atoms with Gasteiger partial charge >= 0.3 is 0 Å². The Morgan fingerprint density at radius 1 is 0.698 bits per heavy atom. The topological polar surface area (TPSA) is 13.0 Å². The van der Waals surface area contributed by atoms with E-state index in [1.54, 1.807) is 0 Å². The zero-order chi connectivity index (χ0) is 37.3. The molecule has 2 saturated heterocycles. The van der Waals surface area contributed by atoms with Crippen molar-refractivity contribution in [3.63, 3.8) is 0 Å². The van der Waals surface area contributed by atoms with Gasteiger partial charge in [0.1, 0.15) is 0 Å². The van der Waals surface area contributed by atoms with E-state index in [2.05, 4.69) is 169 Å². The largest absolute Gasteiger partial charge is 0.343 e. The molecule has 3 aromatic rings. The molecule has 3 aromatic carbocycles. The van der Waals surface area contributed by atoms with Gasteiger partial charge in [-0.25, -0.2) is 0 Å². The molecule has 2 fully saturated rings. The summed E-state index contributed by atoms with van der Waals surface area (Å²) in [6, 6.07) is 32.1. The summed E-state index contributed by atoms with van der Waals surface area (Å²) in [5.74, 6) is 2.35. The summed E-state index contributed by atoms with van der Waals surface area (Å²) in [5.41, 5.74) is 9.24. The van der Waals surface area contributed by atoms with Gasteiger partial charge in [0.05, 0.1) is 0 Å². The first kappa shape index (κ1) is 40.5. The Morgan fingerprint density at radius 3 is 1.74 bits per heavy atom. The molecule has 2 heterocycles. The molecule has 282 valence electrons. The molecule has 2 aliphatic heterocycles. The second kappa shape index (κ2) is 21.9. The van der Waals surface area contributed by atoms with Gasteiger partial charge in [0.25, 0.3) is 0 Å². The van der Waals surface area contributed by atoms with Crippen LogP contribution < -0.4 is 4.90 Å². The summed E-state index contributed by atoms with van der Waals surface area (Å²) in [5, 5.41) is 0. The Hall–Kier alpha value is -3.69. The summed E-state index contributed by atoms with van der Waals surface area (Å²) >= 11 is 0. The molecule has 2 aliphatic rings. The lowest BCUT2D eigenvalue weighted by Crippen LogP contribution is -2.45. The maximum absolute atomic E-state index is 4.52. The van der Waals surface area contributed by atoms with Crippen LogP contribution in [0.2, 0.25) is 0 Å². The first-order valence-electron chi connectivity index (χ1n) is 20.3. The van der Waals surface area contributed by atoms with Crippen molar-refractivity contribution in [1.82, 2.24) is 14.7 Å². The normalized spacial score (nSPS) is 17.0. The number of hydrogen-bond acceptors (Lipinski definition) is 4. The smallest absolute Gasteiger partial charge is 0.0410 e. The molecular weight excluding hydrogens is 664 g/mol. The second-order valence-electron chi connectivity index (χ2n) is 14.7. The monoisotopic (exact) mass is 728 g/mol. The molecule has 0 radical (unpaired) electrons. The number of anilines is 1. The molecule has 4 nitrogen and oxygen atoms in total. The van der Waals surface area contributed by atoms with E-state index in [-0.39, 0.29) is 0 Å². The van der Waals surface area contributed by atoms with Crippen LogP contribution in [-0.2, 0) is 19.0 Å². The molecule has 1 atom stereocenters. The van der Waals surface area contributed by atoms with Crippen LogP contribution in [0.1, 0.15) is 76.0 Å². The Balaban J connectivity index is 1.12. The van der Waals surface area contributed by atoms with E-state index in [1.165, 1.54) is 65.2 Å². The molecule has 0 saturated carbocycles. The molecule has 0 N–H and O–H groups in total. The fourth-order valence-electron chi connectivity index (χ4n) is 7.86. The van der Waals surface area contributed by atoms with E-state index in [0.717, 1.165) is 79.7 Å². The quantitative estimate of drug-likeness (QED) is 0.0900. The lowest BCUT2D eigenvalue weighted by molar-refractivity contribution is 0.154. The molecule has 0 amide bonds. The molecule has 0 bridgehead atoms. The fourth-order valence-corrected chi connectivity index (χ4v) is 8.68. The fraction of sp³-hybridized carbons (Fsp3) is 0.417. The van der Waals surface area contributed by atoms with Crippen LogP contribution in [0.5, 0.6) is 0 Å². The Kier molecular flexibility index (Phi) is 16.7. The van der Waals surface area contributed by atoms with Crippen LogP contribution in [0.25, 0.3) is 0 Å². The van der Waals surface area contributed by atoms with E-state index in [1.807, 2.05) is 0 Å². The third-order valence-electron chi connectivity index (χ3n) is 11.1. The van der Waals surface area contributed by atoms with Crippen molar-refractivity contribution in [1.29, 1.82) is 0 Å². The molecule has 0 aromatic heterocycles. The van der Waals surface area contributed by atoms with Gasteiger partial charge in [-0.15, -0.1) is 0 Å². The number of benzene rings is 3. The number of nitrogens with zero attached hydrogens (tertiary/aromatic N) is 4. The standard InChI is InChI=1S/C48H65N4P/c1-6-16-45(51(40(4)7-2)47-28-34-49(35-29-47)32-26-42-17-11-9-12-18-42)21-15-38-53-39-44-22-24-46(25-23-44)52(41(5)8-3)48-30-36-50(37-31-48)33-27-43-19-13-10-14-20-43/h6,9-25,38,47-48,53H,4-5,7-8,26-37,39H2,1-3H3/b16-6-,38-15+,45-21+. The number of rotatable bonds is 19. The highest BCUT2D eigenvalue weighted by molar-refractivity contribution is 7.40. The summed E-state index contributed by atoms with van der Waals surface area (Å²) < 4.78 is 0. The number of allylic oxidation sites excluding steroid dienone is 6. The lowest BCUT2D eigenvalue weighted by atomic mass is 10.00. The minimum absolute atomic E-state index is 0.489.